The van der Waals surface area contributed by atoms with Crippen LogP contribution in [0, 0.1) is 0 Å². The van der Waals surface area contributed by atoms with Crippen molar-refractivity contribution in [2.24, 2.45) is 0 Å². The minimum atomic E-state index is -0.120. The van der Waals surface area contributed by atoms with Gasteiger partial charge in [-0.25, -0.2) is 0 Å². The monoisotopic (exact) mass is 342 g/mol. The Morgan fingerprint density at radius 2 is 1.96 bits per heavy atom. The van der Waals surface area contributed by atoms with Gasteiger partial charge in [0, 0.05) is 31.6 Å². The van der Waals surface area contributed by atoms with E-state index in [9.17, 15) is 9.59 Å². The van der Waals surface area contributed by atoms with Crippen LogP contribution >= 0.6 is 11.6 Å². The lowest BCUT2D eigenvalue weighted by Crippen LogP contribution is -2.30. The maximum atomic E-state index is 12.9. The zero-order valence-electron chi connectivity index (χ0n) is 13.5. The number of halogens is 1. The summed E-state index contributed by atoms with van der Waals surface area (Å²) in [5.74, 6) is -0.0813. The van der Waals surface area contributed by atoms with Gasteiger partial charge in [0.25, 0.3) is 5.91 Å². The number of hydrogen-bond donors (Lipinski definition) is 0. The van der Waals surface area contributed by atoms with E-state index in [0.717, 1.165) is 12.0 Å². The molecule has 0 spiro atoms. The summed E-state index contributed by atoms with van der Waals surface area (Å²) in [7, 11) is 1.76. The van der Waals surface area contributed by atoms with E-state index in [2.05, 4.69) is 0 Å². The standard InChI is InChI=1S/C19H19ClN2O2/c1-21(13-14-6-3-2-4-7-14)19(24)16-10-9-15(20)12-17(16)22-11-5-8-18(22)23/h2-4,6-7,9-10,12H,5,8,11,13H2,1H3. The van der Waals surface area contributed by atoms with Gasteiger partial charge in [0.05, 0.1) is 11.3 Å². The van der Waals surface area contributed by atoms with E-state index in [4.69, 9.17) is 11.6 Å². The van der Waals surface area contributed by atoms with Gasteiger partial charge in [-0.15, -0.1) is 0 Å². The molecule has 1 aliphatic rings. The SMILES string of the molecule is CN(Cc1ccccc1)C(=O)c1ccc(Cl)cc1N1CCCC1=O. The second-order valence-electron chi connectivity index (χ2n) is 5.96. The summed E-state index contributed by atoms with van der Waals surface area (Å²) in [5, 5.41) is 0.520. The summed E-state index contributed by atoms with van der Waals surface area (Å²) >= 11 is 6.09. The lowest BCUT2D eigenvalue weighted by atomic mass is 10.1. The smallest absolute Gasteiger partial charge is 0.256 e. The van der Waals surface area contributed by atoms with E-state index in [1.165, 1.54) is 0 Å². The van der Waals surface area contributed by atoms with Crippen LogP contribution in [0.5, 0.6) is 0 Å². The average molecular weight is 343 g/mol. The third kappa shape index (κ3) is 3.44. The number of carbonyl (C=O) groups is 2. The Balaban J connectivity index is 1.88. The highest BCUT2D eigenvalue weighted by Gasteiger charge is 2.27. The van der Waals surface area contributed by atoms with Crippen LogP contribution in [0.4, 0.5) is 5.69 Å². The van der Waals surface area contributed by atoms with Crippen LogP contribution in [0.1, 0.15) is 28.8 Å². The third-order valence-electron chi connectivity index (χ3n) is 4.16. The van der Waals surface area contributed by atoms with Gasteiger partial charge in [0.15, 0.2) is 0 Å². The van der Waals surface area contributed by atoms with Crippen molar-refractivity contribution < 1.29 is 9.59 Å². The Bertz CT molecular complexity index is 761. The summed E-state index contributed by atoms with van der Waals surface area (Å²) in [5.41, 5.74) is 2.17. The maximum absolute atomic E-state index is 12.9. The first-order valence-electron chi connectivity index (χ1n) is 7.95. The molecule has 0 N–H and O–H groups in total. The Kier molecular flexibility index (Phi) is 4.86. The molecule has 124 valence electrons. The van der Waals surface area contributed by atoms with Crippen LogP contribution in [-0.2, 0) is 11.3 Å². The predicted octanol–water partition coefficient (Wildman–Crippen LogP) is 3.74. The highest BCUT2D eigenvalue weighted by Crippen LogP contribution is 2.29. The van der Waals surface area contributed by atoms with E-state index in [1.807, 2.05) is 30.3 Å². The van der Waals surface area contributed by atoms with Gasteiger partial charge in [0.1, 0.15) is 0 Å². The normalized spacial score (nSPS) is 14.1. The molecule has 1 saturated heterocycles. The fourth-order valence-corrected chi connectivity index (χ4v) is 3.11. The molecule has 1 aliphatic heterocycles. The molecule has 24 heavy (non-hydrogen) atoms. The Labute approximate surface area is 146 Å². The summed E-state index contributed by atoms with van der Waals surface area (Å²) < 4.78 is 0. The van der Waals surface area contributed by atoms with Crippen molar-refractivity contribution >= 4 is 29.1 Å². The fourth-order valence-electron chi connectivity index (χ4n) is 2.95. The molecule has 5 heteroatoms. The number of hydrogen-bond acceptors (Lipinski definition) is 2. The molecule has 1 heterocycles. The van der Waals surface area contributed by atoms with Crippen molar-refractivity contribution in [1.29, 1.82) is 0 Å². The quantitative estimate of drug-likeness (QED) is 0.849. The number of anilines is 1. The summed E-state index contributed by atoms with van der Waals surface area (Å²) in [6, 6.07) is 14.9. The van der Waals surface area contributed by atoms with Gasteiger partial charge in [-0.3, -0.25) is 9.59 Å². The van der Waals surface area contributed by atoms with Crippen LogP contribution in [0.25, 0.3) is 0 Å². The minimum absolute atomic E-state index is 0.0389. The first kappa shape index (κ1) is 16.5. The van der Waals surface area contributed by atoms with Crippen LogP contribution in [0.2, 0.25) is 5.02 Å². The molecular weight excluding hydrogens is 324 g/mol. The molecule has 0 aliphatic carbocycles. The molecular formula is C19H19ClN2O2. The van der Waals surface area contributed by atoms with Crippen molar-refractivity contribution in [1.82, 2.24) is 4.90 Å². The average Bonchev–Trinajstić information content (AvgIpc) is 3.01. The Morgan fingerprint density at radius 3 is 2.62 bits per heavy atom. The number of nitrogens with zero attached hydrogens (tertiary/aromatic N) is 2. The maximum Gasteiger partial charge on any atom is 0.256 e. The molecule has 4 nitrogen and oxygen atoms in total. The summed E-state index contributed by atoms with van der Waals surface area (Å²) in [6.45, 7) is 1.14. The molecule has 0 bridgehead atoms. The Morgan fingerprint density at radius 1 is 1.21 bits per heavy atom. The van der Waals surface area contributed by atoms with Gasteiger partial charge in [0.2, 0.25) is 5.91 Å². The van der Waals surface area contributed by atoms with Crippen molar-refractivity contribution in [3.63, 3.8) is 0 Å². The second kappa shape index (κ2) is 7.05. The van der Waals surface area contributed by atoms with Crippen molar-refractivity contribution in [3.05, 3.63) is 64.7 Å². The first-order valence-corrected chi connectivity index (χ1v) is 8.33. The molecule has 2 aromatic carbocycles. The van der Waals surface area contributed by atoms with E-state index in [0.29, 0.717) is 35.8 Å². The van der Waals surface area contributed by atoms with Crippen LogP contribution in [0.3, 0.4) is 0 Å². The zero-order chi connectivity index (χ0) is 17.1. The van der Waals surface area contributed by atoms with Crippen molar-refractivity contribution in [3.8, 4) is 0 Å². The highest BCUT2D eigenvalue weighted by atomic mass is 35.5. The molecule has 2 amide bonds. The molecule has 0 radical (unpaired) electrons. The summed E-state index contributed by atoms with van der Waals surface area (Å²) in [6.07, 6.45) is 1.32. The third-order valence-corrected chi connectivity index (χ3v) is 4.40. The predicted molar refractivity (Wildman–Crippen MR) is 95.3 cm³/mol. The molecule has 0 unspecified atom stereocenters. The van der Waals surface area contributed by atoms with Gasteiger partial charge >= 0.3 is 0 Å². The largest absolute Gasteiger partial charge is 0.337 e. The fraction of sp³-hybridized carbons (Fsp3) is 0.263. The van der Waals surface area contributed by atoms with Gasteiger partial charge in [-0.1, -0.05) is 41.9 Å². The van der Waals surface area contributed by atoms with Gasteiger partial charge in [-0.2, -0.15) is 0 Å². The summed E-state index contributed by atoms with van der Waals surface area (Å²) in [4.78, 5) is 28.3. The molecule has 2 aromatic rings. The van der Waals surface area contributed by atoms with Gasteiger partial charge in [-0.05, 0) is 30.2 Å². The van der Waals surface area contributed by atoms with E-state index >= 15 is 0 Å². The van der Waals surface area contributed by atoms with Crippen LogP contribution in [0.15, 0.2) is 48.5 Å². The van der Waals surface area contributed by atoms with Gasteiger partial charge < -0.3 is 9.80 Å². The second-order valence-corrected chi connectivity index (χ2v) is 6.39. The molecule has 0 atom stereocenters. The molecule has 0 aromatic heterocycles. The lowest BCUT2D eigenvalue weighted by Gasteiger charge is -2.23. The lowest BCUT2D eigenvalue weighted by molar-refractivity contribution is -0.117. The van der Waals surface area contributed by atoms with E-state index < -0.39 is 0 Å². The zero-order valence-corrected chi connectivity index (χ0v) is 14.3. The first-order chi connectivity index (χ1) is 11.6. The van der Waals surface area contributed by atoms with E-state index in [1.54, 1.807) is 35.0 Å². The molecule has 0 saturated carbocycles. The topological polar surface area (TPSA) is 40.6 Å². The van der Waals surface area contributed by atoms with Crippen LogP contribution < -0.4 is 4.90 Å². The van der Waals surface area contributed by atoms with Crippen molar-refractivity contribution in [2.45, 2.75) is 19.4 Å². The number of rotatable bonds is 4. The number of carbonyl (C=O) groups excluding carboxylic acids is 2. The van der Waals surface area contributed by atoms with Crippen molar-refractivity contribution in [2.75, 3.05) is 18.5 Å². The molecule has 3 rings (SSSR count). The van der Waals surface area contributed by atoms with Crippen LogP contribution in [-0.4, -0.2) is 30.3 Å². The molecule has 1 fully saturated rings. The number of amides is 2. The number of benzene rings is 2. The Hall–Kier alpha value is -2.33. The highest BCUT2D eigenvalue weighted by molar-refractivity contribution is 6.31. The minimum Gasteiger partial charge on any atom is -0.337 e. The van der Waals surface area contributed by atoms with E-state index in [-0.39, 0.29) is 11.8 Å².